The largest absolute Gasteiger partial charge is 0.490 e. The van der Waals surface area contributed by atoms with Crippen LogP contribution in [0.1, 0.15) is 26.3 Å². The Morgan fingerprint density at radius 1 is 0.875 bits per heavy atom. The minimum Gasteiger partial charge on any atom is -0.490 e. The molecule has 2 aromatic rings. The summed E-state index contributed by atoms with van der Waals surface area (Å²) in [5.74, 6) is -0.465. The number of carbonyl (C=O) groups is 3. The maximum Gasteiger partial charge on any atom is 0.408 e. The molecule has 0 aliphatic rings. The van der Waals surface area contributed by atoms with Crippen LogP contribution in [0, 0.1) is 5.92 Å². The molecule has 0 aliphatic heterocycles. The van der Waals surface area contributed by atoms with E-state index in [-0.39, 0.29) is 19.1 Å². The van der Waals surface area contributed by atoms with Crippen molar-refractivity contribution in [2.24, 2.45) is 5.92 Å². The third kappa shape index (κ3) is 8.17. The molecule has 9 nitrogen and oxygen atoms in total. The Morgan fingerprint density at radius 3 is 2.12 bits per heavy atom. The van der Waals surface area contributed by atoms with Crippen LogP contribution >= 0.6 is 0 Å². The van der Waals surface area contributed by atoms with Crippen molar-refractivity contribution in [1.82, 2.24) is 16.2 Å². The molecule has 3 amide bonds. The zero-order valence-electron chi connectivity index (χ0n) is 18.4. The maximum absolute atomic E-state index is 12.5. The first-order valence-corrected chi connectivity index (χ1v) is 10.3. The van der Waals surface area contributed by atoms with Gasteiger partial charge in [-0.15, -0.1) is 0 Å². The zero-order chi connectivity index (χ0) is 23.3. The van der Waals surface area contributed by atoms with Crippen molar-refractivity contribution in [2.45, 2.75) is 33.4 Å². The number of para-hydroxylation sites is 2. The molecule has 0 heterocycles. The Kier molecular flexibility index (Phi) is 9.83. The standard InChI is InChI=1S/C23H29N3O6/c1-4-30-18-12-8-9-13-19(18)31-15-20(27)25-26-22(28)21(16(2)3)24-23(29)32-14-17-10-6-5-7-11-17/h5-13,16,21H,4,14-15H2,1-3H3,(H,24,29)(H,25,27)(H,26,28)/t21-/m0/s1. The summed E-state index contributed by atoms with van der Waals surface area (Å²) in [6.45, 7) is 5.57. The van der Waals surface area contributed by atoms with Crippen LogP contribution in [0.4, 0.5) is 4.79 Å². The third-order valence-electron chi connectivity index (χ3n) is 4.27. The molecule has 0 fully saturated rings. The van der Waals surface area contributed by atoms with Crippen LogP contribution in [0.3, 0.4) is 0 Å². The highest BCUT2D eigenvalue weighted by Crippen LogP contribution is 2.26. The third-order valence-corrected chi connectivity index (χ3v) is 4.27. The second kappa shape index (κ2) is 12.8. The van der Waals surface area contributed by atoms with Crippen molar-refractivity contribution in [2.75, 3.05) is 13.2 Å². The molecule has 0 aliphatic carbocycles. The van der Waals surface area contributed by atoms with Crippen LogP contribution < -0.4 is 25.6 Å². The summed E-state index contributed by atoms with van der Waals surface area (Å²) < 4.78 is 16.0. The lowest BCUT2D eigenvalue weighted by atomic mass is 10.0. The highest BCUT2D eigenvalue weighted by molar-refractivity contribution is 5.88. The van der Waals surface area contributed by atoms with E-state index in [4.69, 9.17) is 14.2 Å². The second-order valence-corrected chi connectivity index (χ2v) is 7.13. The molecule has 2 aromatic carbocycles. The van der Waals surface area contributed by atoms with Gasteiger partial charge >= 0.3 is 6.09 Å². The highest BCUT2D eigenvalue weighted by atomic mass is 16.5. The van der Waals surface area contributed by atoms with Crippen LogP contribution in [0.2, 0.25) is 0 Å². The number of rotatable bonds is 10. The summed E-state index contributed by atoms with van der Waals surface area (Å²) in [5.41, 5.74) is 5.40. The molecular weight excluding hydrogens is 414 g/mol. The Labute approximate surface area is 187 Å². The van der Waals surface area contributed by atoms with Crippen molar-refractivity contribution in [3.8, 4) is 11.5 Å². The van der Waals surface area contributed by atoms with Gasteiger partial charge in [0.25, 0.3) is 11.8 Å². The minimum atomic E-state index is -0.904. The summed E-state index contributed by atoms with van der Waals surface area (Å²) in [7, 11) is 0. The van der Waals surface area contributed by atoms with E-state index in [0.717, 1.165) is 5.56 Å². The van der Waals surface area contributed by atoms with Gasteiger partial charge in [0.05, 0.1) is 6.61 Å². The van der Waals surface area contributed by atoms with Crippen molar-refractivity contribution in [3.05, 3.63) is 60.2 Å². The van der Waals surface area contributed by atoms with E-state index < -0.39 is 23.9 Å². The normalized spacial score (nSPS) is 11.2. The number of carbonyl (C=O) groups excluding carboxylic acids is 3. The van der Waals surface area contributed by atoms with E-state index in [2.05, 4.69) is 16.2 Å². The number of hydrogen-bond acceptors (Lipinski definition) is 6. The molecule has 0 bridgehead atoms. The SMILES string of the molecule is CCOc1ccccc1OCC(=O)NNC(=O)[C@@H](NC(=O)OCc1ccccc1)C(C)C. The lowest BCUT2D eigenvalue weighted by Gasteiger charge is -2.21. The van der Waals surface area contributed by atoms with Gasteiger partial charge in [-0.05, 0) is 30.5 Å². The summed E-state index contributed by atoms with van der Waals surface area (Å²) in [4.78, 5) is 36.6. The molecular formula is C23H29N3O6. The quantitative estimate of drug-likeness (QED) is 0.486. The smallest absolute Gasteiger partial charge is 0.408 e. The van der Waals surface area contributed by atoms with Gasteiger partial charge in [-0.1, -0.05) is 56.3 Å². The van der Waals surface area contributed by atoms with Crippen molar-refractivity contribution >= 4 is 17.9 Å². The molecule has 9 heteroatoms. The molecule has 0 unspecified atom stereocenters. The maximum atomic E-state index is 12.5. The van der Waals surface area contributed by atoms with E-state index in [1.807, 2.05) is 37.3 Å². The zero-order valence-corrected chi connectivity index (χ0v) is 18.4. The number of amides is 3. The van der Waals surface area contributed by atoms with Gasteiger partial charge in [-0.2, -0.15) is 0 Å². The van der Waals surface area contributed by atoms with Crippen molar-refractivity contribution in [1.29, 1.82) is 0 Å². The van der Waals surface area contributed by atoms with E-state index in [1.165, 1.54) is 0 Å². The summed E-state index contributed by atoms with van der Waals surface area (Å²) >= 11 is 0. The van der Waals surface area contributed by atoms with Crippen molar-refractivity contribution < 1.29 is 28.6 Å². The number of benzene rings is 2. The van der Waals surface area contributed by atoms with E-state index in [1.54, 1.807) is 38.1 Å². The molecule has 0 saturated heterocycles. The number of hydrazine groups is 1. The van der Waals surface area contributed by atoms with Crippen LogP contribution in [0.5, 0.6) is 11.5 Å². The van der Waals surface area contributed by atoms with Gasteiger partial charge < -0.3 is 19.5 Å². The molecule has 0 saturated carbocycles. The van der Waals surface area contributed by atoms with Gasteiger partial charge in [-0.3, -0.25) is 20.4 Å². The molecule has 2 rings (SSSR count). The summed E-state index contributed by atoms with van der Waals surface area (Å²) in [6.07, 6.45) is -0.732. The Hall–Kier alpha value is -3.75. The van der Waals surface area contributed by atoms with E-state index in [9.17, 15) is 14.4 Å². The van der Waals surface area contributed by atoms with Crippen LogP contribution in [-0.4, -0.2) is 37.2 Å². The fourth-order valence-corrected chi connectivity index (χ4v) is 2.66. The average molecular weight is 444 g/mol. The van der Waals surface area contributed by atoms with Crippen LogP contribution in [0.25, 0.3) is 0 Å². The monoisotopic (exact) mass is 443 g/mol. The minimum absolute atomic E-state index is 0.0798. The van der Waals surface area contributed by atoms with Gasteiger partial charge in [0.2, 0.25) is 0 Å². The molecule has 0 spiro atoms. The number of hydrogen-bond donors (Lipinski definition) is 3. The van der Waals surface area contributed by atoms with E-state index >= 15 is 0 Å². The van der Waals surface area contributed by atoms with Gasteiger partial charge in [0, 0.05) is 0 Å². The molecule has 0 radical (unpaired) electrons. The fraction of sp³-hybridized carbons (Fsp3) is 0.348. The van der Waals surface area contributed by atoms with Gasteiger partial charge in [0.1, 0.15) is 12.6 Å². The Balaban J connectivity index is 1.79. The molecule has 0 aromatic heterocycles. The topological polar surface area (TPSA) is 115 Å². The van der Waals surface area contributed by atoms with Gasteiger partial charge in [-0.25, -0.2) is 4.79 Å². The average Bonchev–Trinajstić information content (AvgIpc) is 2.79. The fourth-order valence-electron chi connectivity index (χ4n) is 2.66. The lowest BCUT2D eigenvalue weighted by Crippen LogP contribution is -2.55. The lowest BCUT2D eigenvalue weighted by molar-refractivity contribution is -0.131. The Morgan fingerprint density at radius 2 is 1.50 bits per heavy atom. The van der Waals surface area contributed by atoms with Crippen LogP contribution in [0.15, 0.2) is 54.6 Å². The Bertz CT molecular complexity index is 888. The summed E-state index contributed by atoms with van der Waals surface area (Å²) in [5, 5.41) is 2.52. The first kappa shape index (κ1) is 24.5. The van der Waals surface area contributed by atoms with Crippen molar-refractivity contribution in [3.63, 3.8) is 0 Å². The number of alkyl carbamates (subject to hydrolysis) is 1. The highest BCUT2D eigenvalue weighted by Gasteiger charge is 2.25. The van der Waals surface area contributed by atoms with Crippen LogP contribution in [-0.2, 0) is 20.9 Å². The first-order chi connectivity index (χ1) is 15.4. The van der Waals surface area contributed by atoms with Gasteiger partial charge in [0.15, 0.2) is 18.1 Å². The number of ether oxygens (including phenoxy) is 3. The number of nitrogens with one attached hydrogen (secondary N) is 3. The van der Waals surface area contributed by atoms with E-state index in [0.29, 0.717) is 18.1 Å². The first-order valence-electron chi connectivity index (χ1n) is 10.3. The molecule has 32 heavy (non-hydrogen) atoms. The molecule has 1 atom stereocenters. The molecule has 3 N–H and O–H groups in total. The second-order valence-electron chi connectivity index (χ2n) is 7.13. The summed E-state index contributed by atoms with van der Waals surface area (Å²) in [6, 6.07) is 15.2. The predicted molar refractivity (Wildman–Crippen MR) is 118 cm³/mol. The predicted octanol–water partition coefficient (Wildman–Crippen LogP) is 2.56. The molecule has 172 valence electrons.